The summed E-state index contributed by atoms with van der Waals surface area (Å²) in [6, 6.07) is 5.80. The quantitative estimate of drug-likeness (QED) is 0.863. The minimum atomic E-state index is 0.0120. The molecule has 0 radical (unpaired) electrons. The fourth-order valence-electron chi connectivity index (χ4n) is 1.66. The number of nitrogens with two attached hydrogens (primary N) is 1. The van der Waals surface area contributed by atoms with Gasteiger partial charge in [0.2, 0.25) is 0 Å². The van der Waals surface area contributed by atoms with Gasteiger partial charge in [-0.2, -0.15) is 0 Å². The fourth-order valence-corrected chi connectivity index (χ4v) is 1.89. The Balaban J connectivity index is 2.71. The summed E-state index contributed by atoms with van der Waals surface area (Å²) in [4.78, 5) is 2.12. The average Bonchev–Trinajstić information content (AvgIpc) is 2.28. The largest absolute Gasteiger partial charge is 0.489 e. The first-order valence-electron chi connectivity index (χ1n) is 6.26. The van der Waals surface area contributed by atoms with Gasteiger partial charge >= 0.3 is 0 Å². The molecule has 0 aromatic heterocycles. The van der Waals surface area contributed by atoms with Crippen molar-refractivity contribution in [1.29, 1.82) is 0 Å². The van der Waals surface area contributed by atoms with Crippen molar-refractivity contribution in [1.82, 2.24) is 4.90 Å². The molecule has 2 N–H and O–H groups in total. The van der Waals surface area contributed by atoms with Crippen LogP contribution in [0.1, 0.15) is 31.9 Å². The molecular weight excluding hydrogens is 248 g/mol. The van der Waals surface area contributed by atoms with Gasteiger partial charge in [0.05, 0.1) is 11.1 Å². The van der Waals surface area contributed by atoms with Gasteiger partial charge in [0.25, 0.3) is 0 Å². The fraction of sp³-hybridized carbons (Fsp3) is 0.571. The molecule has 4 heteroatoms. The van der Waals surface area contributed by atoms with E-state index in [0.29, 0.717) is 5.02 Å². The lowest BCUT2D eigenvalue weighted by atomic mass is 10.0. The smallest absolute Gasteiger partial charge is 0.138 e. The zero-order valence-electron chi connectivity index (χ0n) is 11.6. The third-order valence-corrected chi connectivity index (χ3v) is 2.93. The molecule has 1 atom stereocenters. The van der Waals surface area contributed by atoms with Gasteiger partial charge in [0, 0.05) is 6.04 Å². The minimum absolute atomic E-state index is 0.0120. The van der Waals surface area contributed by atoms with Gasteiger partial charge in [-0.3, -0.25) is 0 Å². The first-order chi connectivity index (χ1) is 8.40. The van der Waals surface area contributed by atoms with Crippen LogP contribution in [0.2, 0.25) is 5.02 Å². The monoisotopic (exact) mass is 270 g/mol. The number of benzene rings is 1. The molecular formula is C14H23ClN2O. The molecule has 18 heavy (non-hydrogen) atoms. The van der Waals surface area contributed by atoms with E-state index in [9.17, 15) is 0 Å². The zero-order chi connectivity index (χ0) is 13.7. The summed E-state index contributed by atoms with van der Waals surface area (Å²) in [5, 5.41) is 0.626. The van der Waals surface area contributed by atoms with Gasteiger partial charge in [-0.1, -0.05) is 17.7 Å². The van der Waals surface area contributed by atoms with E-state index in [1.54, 1.807) is 0 Å². The molecule has 0 saturated heterocycles. The number of hydrogen-bond acceptors (Lipinski definition) is 3. The number of hydrogen-bond donors (Lipinski definition) is 1. The number of ether oxygens (including phenoxy) is 1. The van der Waals surface area contributed by atoms with Crippen molar-refractivity contribution < 1.29 is 4.74 Å². The van der Waals surface area contributed by atoms with Crippen LogP contribution in [0, 0.1) is 0 Å². The van der Waals surface area contributed by atoms with Crippen molar-refractivity contribution >= 4 is 11.6 Å². The minimum Gasteiger partial charge on any atom is -0.489 e. The van der Waals surface area contributed by atoms with Gasteiger partial charge in [-0.15, -0.1) is 0 Å². The van der Waals surface area contributed by atoms with E-state index in [-0.39, 0.29) is 12.1 Å². The topological polar surface area (TPSA) is 38.5 Å². The first kappa shape index (κ1) is 15.3. The molecule has 0 aliphatic carbocycles. The molecule has 0 bridgehead atoms. The van der Waals surface area contributed by atoms with Gasteiger partial charge in [0.15, 0.2) is 0 Å². The van der Waals surface area contributed by atoms with E-state index < -0.39 is 0 Å². The Morgan fingerprint density at radius 3 is 2.50 bits per heavy atom. The maximum absolute atomic E-state index is 6.19. The maximum Gasteiger partial charge on any atom is 0.138 e. The standard InChI is InChI=1S/C14H23ClN2O/c1-10(2)18-14-6-5-11(9-12(14)15)13(16)7-8-17(3)4/h5-6,9-10,13H,7-8,16H2,1-4H3. The predicted octanol–water partition coefficient (Wildman–Crippen LogP) is 3.08. The third kappa shape index (κ3) is 4.84. The van der Waals surface area contributed by atoms with Gasteiger partial charge in [-0.05, 0) is 58.6 Å². The highest BCUT2D eigenvalue weighted by atomic mass is 35.5. The summed E-state index contributed by atoms with van der Waals surface area (Å²) >= 11 is 6.19. The summed E-state index contributed by atoms with van der Waals surface area (Å²) in [5.41, 5.74) is 7.19. The highest BCUT2D eigenvalue weighted by Crippen LogP contribution is 2.28. The molecule has 0 aliphatic heterocycles. The number of halogens is 1. The third-order valence-electron chi connectivity index (χ3n) is 2.63. The normalized spacial score (nSPS) is 13.1. The first-order valence-corrected chi connectivity index (χ1v) is 6.64. The number of nitrogens with zero attached hydrogens (tertiary/aromatic N) is 1. The molecule has 1 unspecified atom stereocenters. The Kier molecular flexibility index (Phi) is 5.93. The van der Waals surface area contributed by atoms with Crippen LogP contribution in [0.3, 0.4) is 0 Å². The summed E-state index contributed by atoms with van der Waals surface area (Å²) in [7, 11) is 4.08. The van der Waals surface area contributed by atoms with E-state index in [1.165, 1.54) is 0 Å². The van der Waals surface area contributed by atoms with Crippen LogP contribution in [-0.4, -0.2) is 31.6 Å². The summed E-state index contributed by atoms with van der Waals surface area (Å²) in [6.45, 7) is 4.92. The average molecular weight is 271 g/mol. The van der Waals surface area contributed by atoms with E-state index >= 15 is 0 Å². The Morgan fingerprint density at radius 2 is 2.00 bits per heavy atom. The highest BCUT2D eigenvalue weighted by molar-refractivity contribution is 6.32. The molecule has 0 fully saturated rings. The van der Waals surface area contributed by atoms with Crippen LogP contribution >= 0.6 is 11.6 Å². The summed E-state index contributed by atoms with van der Waals surface area (Å²) < 4.78 is 5.60. The molecule has 1 aromatic carbocycles. The van der Waals surface area contributed by atoms with Crippen LogP contribution in [0.15, 0.2) is 18.2 Å². The molecule has 0 aliphatic rings. The van der Waals surface area contributed by atoms with Gasteiger partial charge in [0.1, 0.15) is 5.75 Å². The summed E-state index contributed by atoms with van der Waals surface area (Å²) in [6.07, 6.45) is 1.03. The van der Waals surface area contributed by atoms with E-state index in [4.69, 9.17) is 22.1 Å². The molecule has 102 valence electrons. The molecule has 1 rings (SSSR count). The molecule has 0 amide bonds. The van der Waals surface area contributed by atoms with E-state index in [0.717, 1.165) is 24.3 Å². The second-order valence-corrected chi connectivity index (χ2v) is 5.46. The predicted molar refractivity (Wildman–Crippen MR) is 77.3 cm³/mol. The molecule has 1 aromatic rings. The van der Waals surface area contributed by atoms with Crippen LogP contribution in [0.5, 0.6) is 5.75 Å². The summed E-state index contributed by atoms with van der Waals surface area (Å²) in [5.74, 6) is 0.718. The van der Waals surface area contributed by atoms with Crippen molar-refractivity contribution in [3.8, 4) is 5.75 Å². The van der Waals surface area contributed by atoms with Crippen molar-refractivity contribution in [2.45, 2.75) is 32.4 Å². The van der Waals surface area contributed by atoms with E-state index in [1.807, 2.05) is 46.1 Å². The maximum atomic E-state index is 6.19. The number of rotatable bonds is 6. The van der Waals surface area contributed by atoms with Crippen molar-refractivity contribution in [2.75, 3.05) is 20.6 Å². The zero-order valence-corrected chi connectivity index (χ0v) is 12.4. The van der Waals surface area contributed by atoms with Crippen molar-refractivity contribution in [3.05, 3.63) is 28.8 Å². The van der Waals surface area contributed by atoms with Gasteiger partial charge < -0.3 is 15.4 Å². The molecule has 0 saturated carbocycles. The molecule has 0 heterocycles. The van der Waals surface area contributed by atoms with Crippen LogP contribution in [0.25, 0.3) is 0 Å². The lowest BCUT2D eigenvalue weighted by molar-refractivity contribution is 0.242. The lowest BCUT2D eigenvalue weighted by Gasteiger charge is -2.17. The SMILES string of the molecule is CC(C)Oc1ccc(C(N)CCN(C)C)cc1Cl. The van der Waals surface area contributed by atoms with Crippen LogP contribution in [-0.2, 0) is 0 Å². The van der Waals surface area contributed by atoms with Crippen molar-refractivity contribution in [2.24, 2.45) is 5.73 Å². The van der Waals surface area contributed by atoms with Crippen LogP contribution < -0.4 is 10.5 Å². The van der Waals surface area contributed by atoms with Gasteiger partial charge in [-0.25, -0.2) is 0 Å². The lowest BCUT2D eigenvalue weighted by Crippen LogP contribution is -2.20. The second kappa shape index (κ2) is 6.98. The van der Waals surface area contributed by atoms with Crippen LogP contribution in [0.4, 0.5) is 0 Å². The Hall–Kier alpha value is -0.770. The Morgan fingerprint density at radius 1 is 1.33 bits per heavy atom. The Labute approximate surface area is 115 Å². The second-order valence-electron chi connectivity index (χ2n) is 5.05. The van der Waals surface area contributed by atoms with E-state index in [2.05, 4.69) is 4.90 Å². The molecule has 3 nitrogen and oxygen atoms in total. The highest BCUT2D eigenvalue weighted by Gasteiger charge is 2.10. The van der Waals surface area contributed by atoms with Crippen molar-refractivity contribution in [3.63, 3.8) is 0 Å². The Bertz CT molecular complexity index is 380. The molecule has 0 spiro atoms.